The maximum Gasteiger partial charge on any atom is 0.242 e. The maximum absolute atomic E-state index is 9.35. The number of likely N-dealkylation sites (tertiary alicyclic amines) is 1. The zero-order valence-corrected chi connectivity index (χ0v) is 24.2. The molecule has 1 saturated heterocycles. The van der Waals surface area contributed by atoms with Gasteiger partial charge in [-0.3, -0.25) is 4.90 Å². The molecule has 1 aliphatic rings. The summed E-state index contributed by atoms with van der Waals surface area (Å²) in [6, 6.07) is 17.9. The van der Waals surface area contributed by atoms with Crippen molar-refractivity contribution < 1.29 is 4.74 Å². The molecule has 0 radical (unpaired) electrons. The molecule has 11 heteroatoms. The molecule has 1 aliphatic heterocycles. The summed E-state index contributed by atoms with van der Waals surface area (Å²) in [6.07, 6.45) is 3.85. The zero-order chi connectivity index (χ0) is 29.1. The van der Waals surface area contributed by atoms with Gasteiger partial charge in [0.25, 0.3) is 0 Å². The van der Waals surface area contributed by atoms with Crippen LogP contribution in [0.1, 0.15) is 46.4 Å². The molecule has 0 saturated carbocycles. The van der Waals surface area contributed by atoms with Crippen LogP contribution in [0.4, 0.5) is 5.95 Å². The fraction of sp³-hybridized carbons (Fsp3) is 0.290. The lowest BCUT2D eigenvalue weighted by molar-refractivity contribution is 0.209. The van der Waals surface area contributed by atoms with Crippen molar-refractivity contribution in [2.75, 3.05) is 18.4 Å². The highest BCUT2D eigenvalue weighted by atomic mass is 32.1. The molecule has 0 aliphatic carbocycles. The molecule has 2 aromatic carbocycles. The topological polar surface area (TPSA) is 129 Å². The third kappa shape index (κ3) is 5.93. The van der Waals surface area contributed by atoms with Crippen LogP contribution in [0, 0.1) is 36.5 Å². The van der Waals surface area contributed by atoms with Crippen molar-refractivity contribution >= 4 is 27.5 Å². The first-order chi connectivity index (χ1) is 20.5. The lowest BCUT2D eigenvalue weighted by atomic mass is 10.1. The highest BCUT2D eigenvalue weighted by Crippen LogP contribution is 2.36. The van der Waals surface area contributed by atoms with Gasteiger partial charge in [-0.25, -0.2) is 9.67 Å². The number of aromatic nitrogens is 5. The number of nitrogens with one attached hydrogen (secondary N) is 1. The summed E-state index contributed by atoms with van der Waals surface area (Å²) >= 11 is 1.55. The molecule has 5 aromatic rings. The molecule has 0 atom stereocenters. The normalized spacial score (nSPS) is 14.0. The van der Waals surface area contributed by atoms with Gasteiger partial charge in [-0.05, 0) is 73.0 Å². The number of hydrogen-bond donors (Lipinski definition) is 1. The first-order valence-corrected chi connectivity index (χ1v) is 14.7. The van der Waals surface area contributed by atoms with Crippen LogP contribution < -0.4 is 10.1 Å². The number of nitrogens with zero attached hydrogens (tertiary/aromatic N) is 8. The lowest BCUT2D eigenvalue weighted by Crippen LogP contribution is -2.39. The van der Waals surface area contributed by atoms with Gasteiger partial charge in [-0.15, -0.1) is 16.4 Å². The summed E-state index contributed by atoms with van der Waals surface area (Å²) in [5, 5.41) is 32.8. The van der Waals surface area contributed by atoms with Crippen molar-refractivity contribution in [1.29, 1.82) is 10.5 Å². The number of benzene rings is 2. The minimum atomic E-state index is 0.238. The average molecular weight is 576 g/mol. The minimum absolute atomic E-state index is 0.238. The number of thiophene rings is 1. The fourth-order valence-electron chi connectivity index (χ4n) is 5.32. The predicted molar refractivity (Wildman–Crippen MR) is 160 cm³/mol. The SMILES string of the molecule is Cc1cc(C#N)cc(C)c1Oc1nc(NC2CCN(Cc3cn(Cc4ccccc4C#N)nn3)CC2)nc2ccsc12. The van der Waals surface area contributed by atoms with E-state index in [-0.39, 0.29) is 6.04 Å². The van der Waals surface area contributed by atoms with Gasteiger partial charge in [0.2, 0.25) is 11.8 Å². The molecule has 4 heterocycles. The monoisotopic (exact) mass is 575 g/mol. The Morgan fingerprint density at radius 2 is 1.81 bits per heavy atom. The van der Waals surface area contributed by atoms with E-state index in [1.54, 1.807) is 16.0 Å². The number of aryl methyl sites for hydroxylation is 2. The van der Waals surface area contributed by atoms with Crippen LogP contribution in [-0.4, -0.2) is 49.0 Å². The second-order valence-corrected chi connectivity index (χ2v) is 11.4. The zero-order valence-electron chi connectivity index (χ0n) is 23.4. The molecule has 1 N–H and O–H groups in total. The van der Waals surface area contributed by atoms with Gasteiger partial charge >= 0.3 is 0 Å². The van der Waals surface area contributed by atoms with Crippen molar-refractivity contribution in [3.8, 4) is 23.8 Å². The van der Waals surface area contributed by atoms with Crippen molar-refractivity contribution in [1.82, 2.24) is 29.9 Å². The van der Waals surface area contributed by atoms with Gasteiger partial charge in [0.1, 0.15) is 10.4 Å². The summed E-state index contributed by atoms with van der Waals surface area (Å²) in [5.74, 6) is 1.79. The third-order valence-electron chi connectivity index (χ3n) is 7.42. The highest BCUT2D eigenvalue weighted by Gasteiger charge is 2.22. The van der Waals surface area contributed by atoms with Crippen molar-refractivity contribution in [3.05, 3.63) is 87.6 Å². The van der Waals surface area contributed by atoms with Gasteiger partial charge in [0.05, 0.1) is 47.2 Å². The molecular weight excluding hydrogens is 546 g/mol. The van der Waals surface area contributed by atoms with Crippen LogP contribution in [0.5, 0.6) is 11.6 Å². The van der Waals surface area contributed by atoms with Crippen LogP contribution in [-0.2, 0) is 13.1 Å². The Bertz CT molecular complexity index is 1800. The molecule has 6 rings (SSSR count). The molecule has 210 valence electrons. The van der Waals surface area contributed by atoms with Gasteiger partial charge in [-0.2, -0.15) is 15.5 Å². The molecule has 10 nitrogen and oxygen atoms in total. The summed E-state index contributed by atoms with van der Waals surface area (Å²) < 4.78 is 9.03. The quantitative estimate of drug-likeness (QED) is 0.253. The Hall–Kier alpha value is -4.84. The van der Waals surface area contributed by atoms with Crippen LogP contribution in [0.15, 0.2) is 54.0 Å². The van der Waals surface area contributed by atoms with E-state index in [4.69, 9.17) is 14.7 Å². The number of hydrogen-bond acceptors (Lipinski definition) is 10. The summed E-state index contributed by atoms with van der Waals surface area (Å²) in [7, 11) is 0. The summed E-state index contributed by atoms with van der Waals surface area (Å²) in [5.41, 5.74) is 5.74. The largest absolute Gasteiger partial charge is 0.437 e. The number of rotatable bonds is 8. The van der Waals surface area contributed by atoms with Crippen LogP contribution in [0.25, 0.3) is 10.2 Å². The smallest absolute Gasteiger partial charge is 0.242 e. The van der Waals surface area contributed by atoms with Crippen LogP contribution in [0.2, 0.25) is 0 Å². The highest BCUT2D eigenvalue weighted by molar-refractivity contribution is 7.17. The van der Waals surface area contributed by atoms with Crippen molar-refractivity contribution in [2.45, 2.75) is 45.8 Å². The molecule has 42 heavy (non-hydrogen) atoms. The lowest BCUT2D eigenvalue weighted by Gasteiger charge is -2.31. The van der Waals surface area contributed by atoms with E-state index in [2.05, 4.69) is 32.7 Å². The first-order valence-electron chi connectivity index (χ1n) is 13.8. The maximum atomic E-state index is 9.35. The Morgan fingerprint density at radius 1 is 1.02 bits per heavy atom. The molecule has 3 aromatic heterocycles. The van der Waals surface area contributed by atoms with E-state index in [1.165, 1.54) is 0 Å². The minimum Gasteiger partial charge on any atom is -0.437 e. The second-order valence-electron chi connectivity index (χ2n) is 10.5. The van der Waals surface area contributed by atoms with Gasteiger partial charge in [0.15, 0.2) is 0 Å². The Balaban J connectivity index is 1.08. The van der Waals surface area contributed by atoms with E-state index < -0.39 is 0 Å². The fourth-order valence-corrected chi connectivity index (χ4v) is 6.08. The average Bonchev–Trinajstić information content (AvgIpc) is 3.65. The van der Waals surface area contributed by atoms with Gasteiger partial charge < -0.3 is 10.1 Å². The van der Waals surface area contributed by atoms with Crippen LogP contribution in [0.3, 0.4) is 0 Å². The van der Waals surface area contributed by atoms with Gasteiger partial charge in [-0.1, -0.05) is 23.4 Å². The number of nitriles is 2. The number of anilines is 1. The van der Waals surface area contributed by atoms with E-state index in [1.807, 2.05) is 67.9 Å². The number of fused-ring (bicyclic) bond motifs is 1. The standard InChI is InChI=1S/C31H29N9OS/c1-20-13-22(15-32)14-21(2)28(20)41-30-29-27(9-12-42-29)35-31(36-30)34-25-7-10-39(11-8-25)18-26-19-40(38-37-26)17-24-6-4-3-5-23(24)16-33/h3-6,9,12-14,19,25H,7-8,10-11,17-18H2,1-2H3,(H,34,35,36). The number of piperidine rings is 1. The molecule has 0 amide bonds. The van der Waals surface area contributed by atoms with E-state index in [0.717, 1.165) is 65.1 Å². The molecule has 0 bridgehead atoms. The molecule has 1 fully saturated rings. The van der Waals surface area contributed by atoms with E-state index >= 15 is 0 Å². The Kier molecular flexibility index (Phi) is 7.78. The molecular formula is C31H29N9OS. The summed E-state index contributed by atoms with van der Waals surface area (Å²) in [4.78, 5) is 11.9. The first kappa shape index (κ1) is 27.3. The van der Waals surface area contributed by atoms with E-state index in [9.17, 15) is 10.5 Å². The third-order valence-corrected chi connectivity index (χ3v) is 8.31. The van der Waals surface area contributed by atoms with E-state index in [0.29, 0.717) is 35.2 Å². The van der Waals surface area contributed by atoms with Crippen LogP contribution >= 0.6 is 11.3 Å². The Morgan fingerprint density at radius 3 is 2.57 bits per heavy atom. The molecule has 0 unspecified atom stereocenters. The van der Waals surface area contributed by atoms with Gasteiger partial charge in [0, 0.05) is 25.7 Å². The predicted octanol–water partition coefficient (Wildman–Crippen LogP) is 5.56. The molecule has 0 spiro atoms. The second kappa shape index (κ2) is 12.0. The number of ether oxygens (including phenoxy) is 1. The summed E-state index contributed by atoms with van der Waals surface area (Å²) in [6.45, 7) is 6.96. The Labute approximate surface area is 247 Å². The van der Waals surface area contributed by atoms with Crippen molar-refractivity contribution in [3.63, 3.8) is 0 Å². The van der Waals surface area contributed by atoms with Crippen molar-refractivity contribution in [2.24, 2.45) is 0 Å².